The number of nitrogens with zero attached hydrogens (tertiary/aromatic N) is 1. The van der Waals surface area contributed by atoms with Gasteiger partial charge >= 0.3 is 0 Å². The molecule has 0 bridgehead atoms. The fourth-order valence-corrected chi connectivity index (χ4v) is 3.28. The summed E-state index contributed by atoms with van der Waals surface area (Å²) < 4.78 is 0. The number of amides is 1. The van der Waals surface area contributed by atoms with E-state index in [1.54, 1.807) is 6.07 Å². The van der Waals surface area contributed by atoms with Crippen LogP contribution in [0.15, 0.2) is 18.2 Å². The molecule has 1 saturated heterocycles. The van der Waals surface area contributed by atoms with Crippen LogP contribution < -0.4 is 11.1 Å². The Balaban J connectivity index is 1.93. The van der Waals surface area contributed by atoms with Crippen LogP contribution in [0.2, 0.25) is 10.0 Å². The van der Waals surface area contributed by atoms with Crippen molar-refractivity contribution in [1.29, 1.82) is 0 Å². The number of halogens is 2. The molecule has 1 aliphatic rings. The smallest absolute Gasteiger partial charge is 0.224 e. The lowest BCUT2D eigenvalue weighted by atomic mass is 9.96. The van der Waals surface area contributed by atoms with Gasteiger partial charge in [0, 0.05) is 36.2 Å². The van der Waals surface area contributed by atoms with Gasteiger partial charge in [-0.2, -0.15) is 0 Å². The van der Waals surface area contributed by atoms with Gasteiger partial charge in [-0.25, -0.2) is 0 Å². The summed E-state index contributed by atoms with van der Waals surface area (Å²) in [6.45, 7) is 3.54. The van der Waals surface area contributed by atoms with Crippen molar-refractivity contribution in [2.24, 2.45) is 11.7 Å². The topological polar surface area (TPSA) is 58.4 Å². The zero-order valence-electron chi connectivity index (χ0n) is 11.9. The first-order chi connectivity index (χ1) is 10.1. The highest BCUT2D eigenvalue weighted by Gasteiger charge is 2.25. The van der Waals surface area contributed by atoms with Gasteiger partial charge in [0.15, 0.2) is 0 Å². The summed E-state index contributed by atoms with van der Waals surface area (Å²) in [6, 6.07) is 5.57. The summed E-state index contributed by atoms with van der Waals surface area (Å²) in [5.74, 6) is 0.147. The Morgan fingerprint density at radius 2 is 2.05 bits per heavy atom. The molecular formula is C15H21Cl2N3O. The Labute approximate surface area is 135 Å². The lowest BCUT2D eigenvalue weighted by Gasteiger charge is -2.32. The van der Waals surface area contributed by atoms with Crippen LogP contribution >= 0.6 is 23.2 Å². The van der Waals surface area contributed by atoms with Crippen LogP contribution in [0.1, 0.15) is 18.4 Å². The van der Waals surface area contributed by atoms with Crippen LogP contribution in [-0.2, 0) is 11.3 Å². The number of hydrogen-bond donors (Lipinski definition) is 2. The number of benzene rings is 1. The predicted molar refractivity (Wildman–Crippen MR) is 86.5 cm³/mol. The first kappa shape index (κ1) is 16.6. The molecule has 1 aromatic rings. The second-order valence-electron chi connectivity index (χ2n) is 5.43. The van der Waals surface area contributed by atoms with E-state index in [9.17, 15) is 4.79 Å². The van der Waals surface area contributed by atoms with Gasteiger partial charge in [0.2, 0.25) is 5.91 Å². The highest BCUT2D eigenvalue weighted by molar-refractivity contribution is 6.34. The van der Waals surface area contributed by atoms with Gasteiger partial charge in [0.1, 0.15) is 0 Å². The predicted octanol–water partition coefficient (Wildman–Crippen LogP) is 2.28. The van der Waals surface area contributed by atoms with Crippen molar-refractivity contribution in [1.82, 2.24) is 10.2 Å². The average Bonchev–Trinajstić information content (AvgIpc) is 2.44. The van der Waals surface area contributed by atoms with Crippen LogP contribution in [0.5, 0.6) is 0 Å². The van der Waals surface area contributed by atoms with Crippen LogP contribution in [-0.4, -0.2) is 37.0 Å². The second-order valence-corrected chi connectivity index (χ2v) is 6.30. The van der Waals surface area contributed by atoms with Gasteiger partial charge in [-0.15, -0.1) is 0 Å². The Hall–Kier alpha value is -0.810. The van der Waals surface area contributed by atoms with Gasteiger partial charge in [0.25, 0.3) is 0 Å². The minimum absolute atomic E-state index is 0.0416. The molecule has 0 saturated carbocycles. The molecule has 1 amide bonds. The van der Waals surface area contributed by atoms with Gasteiger partial charge in [-0.1, -0.05) is 23.2 Å². The molecule has 0 radical (unpaired) electrons. The summed E-state index contributed by atoms with van der Waals surface area (Å²) in [5.41, 5.74) is 6.49. The summed E-state index contributed by atoms with van der Waals surface area (Å²) in [4.78, 5) is 14.3. The SMILES string of the molecule is NCCNC(=O)C1CCCN(Cc2cc(Cl)cc(Cl)c2)C1. The van der Waals surface area contributed by atoms with Crippen molar-refractivity contribution < 1.29 is 4.79 Å². The Kier molecular flexibility index (Phi) is 6.30. The van der Waals surface area contributed by atoms with Crippen molar-refractivity contribution in [3.05, 3.63) is 33.8 Å². The van der Waals surface area contributed by atoms with Crippen molar-refractivity contribution in [3.8, 4) is 0 Å². The summed E-state index contributed by atoms with van der Waals surface area (Å²) >= 11 is 12.1. The van der Waals surface area contributed by atoms with E-state index >= 15 is 0 Å². The van der Waals surface area contributed by atoms with E-state index < -0.39 is 0 Å². The van der Waals surface area contributed by atoms with Gasteiger partial charge in [0.05, 0.1) is 5.92 Å². The standard InChI is InChI=1S/C15H21Cl2N3O/c16-13-6-11(7-14(17)8-13)9-20-5-1-2-12(10-20)15(21)19-4-3-18/h6-8,12H,1-5,9-10,18H2,(H,19,21). The number of piperidine rings is 1. The molecule has 0 aliphatic carbocycles. The van der Waals surface area contributed by atoms with Gasteiger partial charge in [-0.3, -0.25) is 9.69 Å². The van der Waals surface area contributed by atoms with Crippen molar-refractivity contribution in [2.45, 2.75) is 19.4 Å². The zero-order chi connectivity index (χ0) is 15.2. The Bertz CT molecular complexity index is 476. The molecule has 1 aromatic carbocycles. The highest BCUT2D eigenvalue weighted by Crippen LogP contribution is 2.23. The largest absolute Gasteiger partial charge is 0.355 e. The fraction of sp³-hybridized carbons (Fsp3) is 0.533. The molecule has 3 N–H and O–H groups in total. The molecule has 1 unspecified atom stereocenters. The molecule has 116 valence electrons. The van der Waals surface area contributed by atoms with Crippen molar-refractivity contribution in [3.63, 3.8) is 0 Å². The maximum absolute atomic E-state index is 12.0. The van der Waals surface area contributed by atoms with Crippen molar-refractivity contribution >= 4 is 29.1 Å². The number of carbonyl (C=O) groups is 1. The monoisotopic (exact) mass is 329 g/mol. The van der Waals surface area contributed by atoms with E-state index in [2.05, 4.69) is 10.2 Å². The van der Waals surface area contributed by atoms with Gasteiger partial charge < -0.3 is 11.1 Å². The first-order valence-electron chi connectivity index (χ1n) is 7.23. The minimum atomic E-state index is 0.0416. The lowest BCUT2D eigenvalue weighted by molar-refractivity contribution is -0.126. The molecule has 0 spiro atoms. The summed E-state index contributed by atoms with van der Waals surface area (Å²) in [6.07, 6.45) is 1.96. The van der Waals surface area contributed by atoms with E-state index in [0.29, 0.717) is 23.1 Å². The third-order valence-corrected chi connectivity index (χ3v) is 4.08. The molecular weight excluding hydrogens is 309 g/mol. The molecule has 1 heterocycles. The molecule has 0 aromatic heterocycles. The normalized spacial score (nSPS) is 19.5. The molecule has 21 heavy (non-hydrogen) atoms. The van der Waals surface area contributed by atoms with E-state index in [-0.39, 0.29) is 11.8 Å². The van der Waals surface area contributed by atoms with Crippen LogP contribution in [0.4, 0.5) is 0 Å². The first-order valence-corrected chi connectivity index (χ1v) is 7.99. The van der Waals surface area contributed by atoms with E-state index in [1.165, 1.54) is 0 Å². The molecule has 4 nitrogen and oxygen atoms in total. The average molecular weight is 330 g/mol. The lowest BCUT2D eigenvalue weighted by Crippen LogP contribution is -2.43. The molecule has 2 rings (SSSR count). The van der Waals surface area contributed by atoms with E-state index in [1.807, 2.05) is 12.1 Å². The number of nitrogens with one attached hydrogen (secondary N) is 1. The number of hydrogen-bond acceptors (Lipinski definition) is 3. The number of carbonyl (C=O) groups excluding carboxylic acids is 1. The third kappa shape index (κ3) is 5.15. The minimum Gasteiger partial charge on any atom is -0.355 e. The van der Waals surface area contributed by atoms with E-state index in [4.69, 9.17) is 28.9 Å². The third-order valence-electron chi connectivity index (χ3n) is 3.65. The summed E-state index contributed by atoms with van der Waals surface area (Å²) in [7, 11) is 0. The number of likely N-dealkylation sites (tertiary alicyclic amines) is 1. The maximum Gasteiger partial charge on any atom is 0.224 e. The number of rotatable bonds is 5. The van der Waals surface area contributed by atoms with Crippen molar-refractivity contribution in [2.75, 3.05) is 26.2 Å². The molecule has 1 atom stereocenters. The van der Waals surface area contributed by atoms with Crippen LogP contribution in [0, 0.1) is 5.92 Å². The summed E-state index contributed by atoms with van der Waals surface area (Å²) in [5, 5.41) is 4.16. The van der Waals surface area contributed by atoms with Crippen LogP contribution in [0.3, 0.4) is 0 Å². The number of nitrogens with two attached hydrogens (primary N) is 1. The second kappa shape index (κ2) is 7.99. The zero-order valence-corrected chi connectivity index (χ0v) is 13.5. The van der Waals surface area contributed by atoms with Gasteiger partial charge in [-0.05, 0) is 43.1 Å². The van der Waals surface area contributed by atoms with E-state index in [0.717, 1.165) is 38.0 Å². The molecule has 1 aliphatic heterocycles. The highest BCUT2D eigenvalue weighted by atomic mass is 35.5. The quantitative estimate of drug-likeness (QED) is 0.871. The maximum atomic E-state index is 12.0. The molecule has 6 heteroatoms. The Morgan fingerprint density at radius 1 is 1.33 bits per heavy atom. The fourth-order valence-electron chi connectivity index (χ4n) is 2.71. The Morgan fingerprint density at radius 3 is 2.71 bits per heavy atom. The van der Waals surface area contributed by atoms with Crippen LogP contribution in [0.25, 0.3) is 0 Å². The molecule has 1 fully saturated rings.